The van der Waals surface area contributed by atoms with Crippen LogP contribution < -0.4 is 31.1 Å². The second-order valence-corrected chi connectivity index (χ2v) is 31.3. The van der Waals surface area contributed by atoms with Gasteiger partial charge in [0.15, 0.2) is 0 Å². The molecule has 2 aliphatic carbocycles. The first-order valence-electron chi connectivity index (χ1n) is 32.4. The number of hydrogen-bond donors (Lipinski definition) is 0. The Hall–Kier alpha value is -7.56. The lowest BCUT2D eigenvalue weighted by Crippen LogP contribution is -2.62. The maximum absolute atomic E-state index is 2.90. The van der Waals surface area contributed by atoms with Crippen LogP contribution in [-0.2, 0) is 32.5 Å². The van der Waals surface area contributed by atoms with E-state index in [1.807, 2.05) is 0 Å². The summed E-state index contributed by atoms with van der Waals surface area (Å²) in [4.78, 5) is 8.38. The number of nitrogens with zero attached hydrogens (tertiary/aromatic N) is 3. The predicted molar refractivity (Wildman–Crippen MR) is 369 cm³/mol. The highest BCUT2D eigenvalue weighted by molar-refractivity contribution is 7.00. The molecular weight excluding hydrogens is 1040 g/mol. The van der Waals surface area contributed by atoms with Crippen molar-refractivity contribution in [2.24, 2.45) is 0 Å². The van der Waals surface area contributed by atoms with E-state index >= 15 is 0 Å². The van der Waals surface area contributed by atoms with Crippen molar-refractivity contribution in [2.45, 2.75) is 180 Å². The van der Waals surface area contributed by atoms with Gasteiger partial charge in [0.05, 0.1) is 16.9 Å². The second kappa shape index (κ2) is 18.5. The molecule has 0 spiro atoms. The molecule has 0 amide bonds. The van der Waals surface area contributed by atoms with Crippen LogP contribution in [0.25, 0.3) is 33.4 Å². The Morgan fingerprint density at radius 2 is 0.919 bits per heavy atom. The minimum atomic E-state index is -0.322. The van der Waals surface area contributed by atoms with Gasteiger partial charge in [-0.05, 0) is 217 Å². The molecule has 432 valence electrons. The zero-order valence-corrected chi connectivity index (χ0v) is 53.9. The number of hydrogen-bond acceptors (Lipinski definition) is 3. The van der Waals surface area contributed by atoms with Crippen molar-refractivity contribution < 1.29 is 0 Å². The molecule has 0 aromatic heterocycles. The number of fused-ring (bicyclic) bond motifs is 7. The number of benzene rings is 9. The van der Waals surface area contributed by atoms with Crippen molar-refractivity contribution in [1.29, 1.82) is 0 Å². The van der Waals surface area contributed by atoms with Gasteiger partial charge in [-0.25, -0.2) is 0 Å². The Balaban J connectivity index is 1.14. The van der Waals surface area contributed by atoms with E-state index < -0.39 is 0 Å². The van der Waals surface area contributed by atoms with E-state index in [0.29, 0.717) is 0 Å². The molecule has 15 rings (SSSR count). The maximum atomic E-state index is 2.90. The van der Waals surface area contributed by atoms with Crippen molar-refractivity contribution in [1.82, 2.24) is 0 Å². The van der Waals surface area contributed by atoms with Gasteiger partial charge in [0.25, 0.3) is 6.71 Å². The minimum absolute atomic E-state index is 0.0557. The maximum Gasteiger partial charge on any atom is 0.252 e. The fourth-order valence-corrected chi connectivity index (χ4v) is 17.1. The van der Waals surface area contributed by atoms with Gasteiger partial charge >= 0.3 is 0 Å². The Kier molecular flexibility index (Phi) is 11.8. The normalized spacial score (nSPS) is 21.3. The Labute approximate surface area is 514 Å². The Morgan fingerprint density at radius 3 is 1.51 bits per heavy atom. The highest BCUT2D eigenvalue weighted by Gasteiger charge is 2.59. The third-order valence-corrected chi connectivity index (χ3v) is 22.5. The topological polar surface area (TPSA) is 9.72 Å². The van der Waals surface area contributed by atoms with E-state index in [4.69, 9.17) is 0 Å². The average Bonchev–Trinajstić information content (AvgIpc) is 1.19. The van der Waals surface area contributed by atoms with Gasteiger partial charge in [-0.2, -0.15) is 0 Å². The first-order valence-corrected chi connectivity index (χ1v) is 32.4. The van der Waals surface area contributed by atoms with Crippen molar-refractivity contribution in [3.05, 3.63) is 220 Å². The SMILES string of the molecule is Cc1ccccc1-c1cc2c3cc1C1(C)CCC(C)(C)c4cc5c(cc41)B1c4cc(ccc4N(c4ccc(C(C)(C)C)cc4-c4ccccc4)c4cc(C(C)(C)C)cc(c41)N5c1ccc(C(C)(C)C)cc1-c1ccccc1)N3C1(C)CCCCC21C. The average molecular weight is 1120 g/mol. The van der Waals surface area contributed by atoms with Gasteiger partial charge in [-0.3, -0.25) is 0 Å². The monoisotopic (exact) mass is 1120 g/mol. The van der Waals surface area contributed by atoms with Crippen molar-refractivity contribution in [3.8, 4) is 33.4 Å². The zero-order chi connectivity index (χ0) is 60.0. The van der Waals surface area contributed by atoms with Crippen LogP contribution in [0, 0.1) is 6.92 Å². The lowest BCUT2D eigenvalue weighted by Gasteiger charge is -2.51. The molecule has 86 heavy (non-hydrogen) atoms. The predicted octanol–water partition coefficient (Wildman–Crippen LogP) is 20.4. The Bertz CT molecular complexity index is 4300. The molecule has 0 N–H and O–H groups in total. The van der Waals surface area contributed by atoms with E-state index in [-0.39, 0.29) is 44.7 Å². The summed E-state index contributed by atoms with van der Waals surface area (Å²) >= 11 is 0. The fourth-order valence-electron chi connectivity index (χ4n) is 17.1. The number of anilines is 8. The molecule has 3 nitrogen and oxygen atoms in total. The minimum Gasteiger partial charge on any atom is -0.334 e. The quantitative estimate of drug-likeness (QED) is 0.159. The van der Waals surface area contributed by atoms with Crippen LogP contribution in [0.4, 0.5) is 45.5 Å². The molecule has 6 aliphatic rings. The summed E-state index contributed by atoms with van der Waals surface area (Å²) in [6.45, 7) is 36.6. The van der Waals surface area contributed by atoms with Crippen LogP contribution in [-0.4, -0.2) is 12.3 Å². The van der Waals surface area contributed by atoms with Gasteiger partial charge in [0, 0.05) is 56.1 Å². The van der Waals surface area contributed by atoms with Gasteiger partial charge in [-0.1, -0.05) is 206 Å². The molecule has 4 aliphatic heterocycles. The summed E-state index contributed by atoms with van der Waals surface area (Å²) in [5.74, 6) is 0. The number of rotatable bonds is 5. The summed E-state index contributed by atoms with van der Waals surface area (Å²) in [6, 6.07) is 70.5. The second-order valence-electron chi connectivity index (χ2n) is 31.3. The van der Waals surface area contributed by atoms with E-state index in [1.165, 1.54) is 153 Å². The van der Waals surface area contributed by atoms with Crippen LogP contribution in [0.1, 0.15) is 180 Å². The first kappa shape index (κ1) is 55.1. The molecule has 1 saturated carbocycles. The standard InChI is InChI=1S/C82H86BN3/c1-51-26-22-23-31-58(51)61-47-65-71-49-62(61)80(13)41-40-79(11,12)63-50-72-67(48-64(63)80)83-66-46-57(86(71)82(15)39-25-24-38-81(65,82)14)34-37-70(66)84(68-35-32-54(76(2,3)4)42-59(68)52-27-18-16-19-28-52)73-44-56(78(8,9)10)45-74(75(73)83)85(72)69-36-33-55(77(5,6)7)43-60(69)53-29-20-17-21-30-53/h16-23,26-37,42-50H,24-25,38-41H2,1-15H3. The molecule has 6 bridgehead atoms. The van der Waals surface area contributed by atoms with E-state index in [1.54, 1.807) is 0 Å². The molecule has 3 unspecified atom stereocenters. The van der Waals surface area contributed by atoms with Crippen LogP contribution in [0.3, 0.4) is 0 Å². The summed E-state index contributed by atoms with van der Waals surface area (Å²) in [7, 11) is 0. The highest BCUT2D eigenvalue weighted by atomic mass is 15.3. The Morgan fingerprint density at radius 1 is 0.384 bits per heavy atom. The largest absolute Gasteiger partial charge is 0.334 e. The number of aryl methyl sites for hydroxylation is 1. The first-order chi connectivity index (χ1) is 40.8. The third kappa shape index (κ3) is 7.85. The molecule has 9 aromatic carbocycles. The van der Waals surface area contributed by atoms with E-state index in [9.17, 15) is 0 Å². The van der Waals surface area contributed by atoms with Gasteiger partial charge in [0.1, 0.15) is 0 Å². The van der Waals surface area contributed by atoms with Crippen molar-refractivity contribution in [2.75, 3.05) is 14.7 Å². The third-order valence-electron chi connectivity index (χ3n) is 22.5. The molecular formula is C82H86BN3. The highest BCUT2D eigenvalue weighted by Crippen LogP contribution is 2.64. The lowest BCUT2D eigenvalue weighted by molar-refractivity contribution is 0.195. The van der Waals surface area contributed by atoms with Crippen molar-refractivity contribution in [3.63, 3.8) is 0 Å². The van der Waals surface area contributed by atoms with E-state index in [2.05, 4.69) is 294 Å². The molecule has 1 fully saturated rings. The van der Waals surface area contributed by atoms with E-state index in [0.717, 1.165) is 25.7 Å². The van der Waals surface area contributed by atoms with Crippen LogP contribution in [0.2, 0.25) is 0 Å². The van der Waals surface area contributed by atoms with Gasteiger partial charge < -0.3 is 14.7 Å². The summed E-state index contributed by atoms with van der Waals surface area (Å²) < 4.78 is 0. The lowest BCUT2D eigenvalue weighted by atomic mass is 9.33. The molecule has 4 heterocycles. The van der Waals surface area contributed by atoms with Gasteiger partial charge in [-0.15, -0.1) is 0 Å². The van der Waals surface area contributed by atoms with Crippen LogP contribution in [0.15, 0.2) is 176 Å². The summed E-state index contributed by atoms with van der Waals surface area (Å²) in [5, 5.41) is 0. The molecule has 9 aromatic rings. The smallest absolute Gasteiger partial charge is 0.252 e. The summed E-state index contributed by atoms with van der Waals surface area (Å²) in [6.07, 6.45) is 6.88. The van der Waals surface area contributed by atoms with Crippen LogP contribution >= 0.6 is 0 Å². The van der Waals surface area contributed by atoms with Crippen LogP contribution in [0.5, 0.6) is 0 Å². The molecule has 4 heteroatoms. The molecule has 3 atom stereocenters. The summed E-state index contributed by atoms with van der Waals surface area (Å²) in [5.41, 5.74) is 32.3. The molecule has 0 radical (unpaired) electrons. The molecule has 0 saturated heterocycles. The van der Waals surface area contributed by atoms with Gasteiger partial charge in [0.2, 0.25) is 0 Å². The fraction of sp³-hybridized carbons (Fsp3) is 0.341. The zero-order valence-electron chi connectivity index (χ0n) is 53.9. The van der Waals surface area contributed by atoms with Crippen molar-refractivity contribution >= 4 is 68.6 Å².